The van der Waals surface area contributed by atoms with Gasteiger partial charge in [-0.1, -0.05) is 18.9 Å². The largest absolute Gasteiger partial charge is 0.479 e. The maximum absolute atomic E-state index is 11.6. The number of nitrogens with zero attached hydrogens (tertiary/aromatic N) is 1. The van der Waals surface area contributed by atoms with Gasteiger partial charge in [0.25, 0.3) is 0 Å². The van der Waals surface area contributed by atoms with Crippen LogP contribution in [0.1, 0.15) is 32.1 Å². The van der Waals surface area contributed by atoms with E-state index in [4.69, 9.17) is 0 Å². The summed E-state index contributed by atoms with van der Waals surface area (Å²) in [5, 5.41) is 9.53. The van der Waals surface area contributed by atoms with Crippen molar-refractivity contribution in [1.29, 1.82) is 0 Å². The molecule has 0 aromatic carbocycles. The summed E-state index contributed by atoms with van der Waals surface area (Å²) in [6, 6.07) is 0. The molecule has 16 heavy (non-hydrogen) atoms. The van der Waals surface area contributed by atoms with Gasteiger partial charge in [0, 0.05) is 13.0 Å². The third kappa shape index (κ3) is 1.30. The van der Waals surface area contributed by atoms with Crippen LogP contribution >= 0.6 is 12.4 Å². The minimum Gasteiger partial charge on any atom is -0.479 e. The van der Waals surface area contributed by atoms with E-state index in [1.54, 1.807) is 0 Å². The van der Waals surface area contributed by atoms with Crippen molar-refractivity contribution < 1.29 is 9.90 Å². The van der Waals surface area contributed by atoms with Gasteiger partial charge >= 0.3 is 5.97 Å². The standard InChI is InChI=1S/C12H17NO2.ClH/c14-11(15)12-6-3-7-13(12)8-9-4-1-2-5-10(9)12;/h3,7,9-10H,1-2,4-6,8H2,(H,14,15);1H/t9-,10-,12+;/m0./s1. The Morgan fingerprint density at radius 2 is 2.12 bits per heavy atom. The van der Waals surface area contributed by atoms with Crippen LogP contribution in [0.2, 0.25) is 0 Å². The Bertz CT molecular complexity index is 331. The van der Waals surface area contributed by atoms with Gasteiger partial charge in [0.1, 0.15) is 5.54 Å². The number of carboxylic acids is 1. The molecule has 3 aliphatic rings. The van der Waals surface area contributed by atoms with Crippen LogP contribution in [-0.2, 0) is 4.79 Å². The second kappa shape index (κ2) is 3.95. The molecule has 0 bridgehead atoms. The van der Waals surface area contributed by atoms with E-state index in [2.05, 4.69) is 4.90 Å². The molecule has 1 N–H and O–H groups in total. The van der Waals surface area contributed by atoms with E-state index in [-0.39, 0.29) is 12.4 Å². The maximum atomic E-state index is 11.6. The molecule has 3 atom stereocenters. The lowest BCUT2D eigenvalue weighted by Gasteiger charge is -2.36. The van der Waals surface area contributed by atoms with E-state index in [9.17, 15) is 9.90 Å². The Labute approximate surface area is 102 Å². The van der Waals surface area contributed by atoms with Crippen LogP contribution in [0.3, 0.4) is 0 Å². The predicted octanol–water partition coefficient (Wildman–Crippen LogP) is 2.27. The molecular formula is C12H18ClNO2. The molecule has 3 rings (SSSR count). The Hall–Kier alpha value is -0.700. The lowest BCUT2D eigenvalue weighted by molar-refractivity contribution is -0.150. The van der Waals surface area contributed by atoms with Gasteiger partial charge in [0.05, 0.1) is 0 Å². The summed E-state index contributed by atoms with van der Waals surface area (Å²) >= 11 is 0. The Morgan fingerprint density at radius 3 is 2.88 bits per heavy atom. The molecule has 2 aliphatic heterocycles. The van der Waals surface area contributed by atoms with Gasteiger partial charge in [-0.2, -0.15) is 0 Å². The van der Waals surface area contributed by atoms with Gasteiger partial charge in [-0.3, -0.25) is 0 Å². The van der Waals surface area contributed by atoms with Crippen molar-refractivity contribution in [2.24, 2.45) is 11.8 Å². The monoisotopic (exact) mass is 243 g/mol. The Morgan fingerprint density at radius 1 is 1.38 bits per heavy atom. The lowest BCUT2D eigenvalue weighted by Crippen LogP contribution is -2.50. The number of carbonyl (C=O) groups is 1. The molecule has 0 aromatic rings. The fourth-order valence-corrected chi connectivity index (χ4v) is 3.87. The first-order valence-electron chi connectivity index (χ1n) is 5.92. The highest BCUT2D eigenvalue weighted by atomic mass is 35.5. The molecule has 2 heterocycles. The van der Waals surface area contributed by atoms with Crippen molar-refractivity contribution in [2.75, 3.05) is 6.54 Å². The topological polar surface area (TPSA) is 40.5 Å². The average molecular weight is 244 g/mol. The number of rotatable bonds is 1. The molecule has 0 aromatic heterocycles. The molecule has 0 unspecified atom stereocenters. The van der Waals surface area contributed by atoms with Crippen LogP contribution in [-0.4, -0.2) is 28.1 Å². The first-order chi connectivity index (χ1) is 7.25. The molecule has 4 heteroatoms. The first kappa shape index (κ1) is 11.8. The van der Waals surface area contributed by atoms with Gasteiger partial charge in [-0.25, -0.2) is 4.79 Å². The van der Waals surface area contributed by atoms with E-state index >= 15 is 0 Å². The molecule has 1 saturated carbocycles. The van der Waals surface area contributed by atoms with E-state index < -0.39 is 11.5 Å². The first-order valence-corrected chi connectivity index (χ1v) is 5.92. The molecule has 1 saturated heterocycles. The highest BCUT2D eigenvalue weighted by Gasteiger charge is 2.58. The third-order valence-corrected chi connectivity index (χ3v) is 4.55. The molecule has 0 radical (unpaired) electrons. The smallest absolute Gasteiger partial charge is 0.330 e. The van der Waals surface area contributed by atoms with Crippen LogP contribution in [0, 0.1) is 11.8 Å². The second-order valence-electron chi connectivity index (χ2n) is 5.12. The third-order valence-electron chi connectivity index (χ3n) is 4.55. The molecule has 3 nitrogen and oxygen atoms in total. The average Bonchev–Trinajstić information content (AvgIpc) is 2.73. The van der Waals surface area contributed by atoms with E-state index in [1.807, 2.05) is 12.3 Å². The van der Waals surface area contributed by atoms with Crippen molar-refractivity contribution in [1.82, 2.24) is 4.90 Å². The summed E-state index contributed by atoms with van der Waals surface area (Å²) < 4.78 is 0. The number of fused-ring (bicyclic) bond motifs is 3. The fraction of sp³-hybridized carbons (Fsp3) is 0.750. The molecule has 0 spiro atoms. The van der Waals surface area contributed by atoms with E-state index in [1.165, 1.54) is 19.3 Å². The van der Waals surface area contributed by atoms with E-state index in [0.717, 1.165) is 13.0 Å². The normalized spacial score (nSPS) is 40.1. The number of hydrogen-bond donors (Lipinski definition) is 1. The minimum atomic E-state index is -0.609. The van der Waals surface area contributed by atoms with Gasteiger partial charge in [-0.15, -0.1) is 12.4 Å². The van der Waals surface area contributed by atoms with Gasteiger partial charge in [0.15, 0.2) is 0 Å². The summed E-state index contributed by atoms with van der Waals surface area (Å²) in [6.45, 7) is 0.966. The van der Waals surface area contributed by atoms with Crippen molar-refractivity contribution in [3.05, 3.63) is 12.3 Å². The number of hydrogen-bond acceptors (Lipinski definition) is 2. The zero-order valence-corrected chi connectivity index (χ0v) is 10.1. The van der Waals surface area contributed by atoms with Crippen molar-refractivity contribution in [2.45, 2.75) is 37.6 Å². The second-order valence-corrected chi connectivity index (χ2v) is 5.12. The predicted molar refractivity (Wildman–Crippen MR) is 63.5 cm³/mol. The Kier molecular flexibility index (Phi) is 2.91. The maximum Gasteiger partial charge on any atom is 0.330 e. The molecule has 1 aliphatic carbocycles. The van der Waals surface area contributed by atoms with Crippen molar-refractivity contribution in [3.8, 4) is 0 Å². The summed E-state index contributed by atoms with van der Waals surface area (Å²) in [5.41, 5.74) is -0.564. The van der Waals surface area contributed by atoms with Crippen LogP contribution in [0.5, 0.6) is 0 Å². The van der Waals surface area contributed by atoms with Gasteiger partial charge in [-0.05, 0) is 30.9 Å². The van der Waals surface area contributed by atoms with E-state index in [0.29, 0.717) is 18.3 Å². The quantitative estimate of drug-likeness (QED) is 0.768. The fourth-order valence-electron chi connectivity index (χ4n) is 3.87. The van der Waals surface area contributed by atoms with Gasteiger partial charge < -0.3 is 10.0 Å². The number of halogens is 1. The summed E-state index contributed by atoms with van der Waals surface area (Å²) in [6.07, 6.45) is 9.58. The lowest BCUT2D eigenvalue weighted by atomic mass is 9.71. The Balaban J connectivity index is 0.000000963. The molecule has 2 fully saturated rings. The number of carboxylic acid groups (broad SMARTS) is 1. The van der Waals surface area contributed by atoms with Crippen LogP contribution in [0.4, 0.5) is 0 Å². The molecular weight excluding hydrogens is 226 g/mol. The van der Waals surface area contributed by atoms with Gasteiger partial charge in [0.2, 0.25) is 0 Å². The van der Waals surface area contributed by atoms with Crippen LogP contribution in [0.15, 0.2) is 12.3 Å². The number of aliphatic carboxylic acids is 1. The molecule has 0 amide bonds. The van der Waals surface area contributed by atoms with Crippen molar-refractivity contribution >= 4 is 18.4 Å². The summed E-state index contributed by atoms with van der Waals surface area (Å²) in [4.78, 5) is 13.7. The SMILES string of the molecule is Cl.O=C(O)[C@]12CC=CN1C[C@@H]1CCCC[C@@H]12. The highest BCUT2D eigenvalue weighted by molar-refractivity contribution is 5.85. The van der Waals surface area contributed by atoms with Crippen molar-refractivity contribution in [3.63, 3.8) is 0 Å². The summed E-state index contributed by atoms with van der Waals surface area (Å²) in [5.74, 6) is 0.403. The summed E-state index contributed by atoms with van der Waals surface area (Å²) in [7, 11) is 0. The van der Waals surface area contributed by atoms with Crippen LogP contribution < -0.4 is 0 Å². The zero-order valence-electron chi connectivity index (χ0n) is 9.26. The minimum absolute atomic E-state index is 0. The highest BCUT2D eigenvalue weighted by Crippen LogP contribution is 2.50. The molecule has 90 valence electrons. The van der Waals surface area contributed by atoms with Crippen LogP contribution in [0.25, 0.3) is 0 Å². The zero-order chi connectivity index (χ0) is 10.5.